The van der Waals surface area contributed by atoms with E-state index in [1.54, 1.807) is 6.20 Å². The minimum absolute atomic E-state index is 0.0521. The van der Waals surface area contributed by atoms with Crippen molar-refractivity contribution in [2.75, 3.05) is 32.8 Å². The zero-order chi connectivity index (χ0) is 26.1. The monoisotopic (exact) mass is 539 g/mol. The lowest BCUT2D eigenvalue weighted by atomic mass is 9.80. The van der Waals surface area contributed by atoms with Crippen LogP contribution in [-0.4, -0.2) is 64.6 Å². The molecule has 0 radical (unpaired) electrons. The van der Waals surface area contributed by atoms with E-state index in [1.165, 1.54) is 5.56 Å². The average molecular weight is 541 g/mol. The number of nitrogens with zero attached hydrogens (tertiary/aromatic N) is 3. The number of fused-ring (bicyclic) bond motifs is 1. The van der Waals surface area contributed by atoms with E-state index in [2.05, 4.69) is 28.1 Å². The van der Waals surface area contributed by atoms with E-state index in [1.807, 2.05) is 36.9 Å². The fourth-order valence-electron chi connectivity index (χ4n) is 6.16. The highest BCUT2D eigenvalue weighted by Crippen LogP contribution is 2.32. The standard InChI is InChI=1S/C30H35Cl2N3O2/c1-19-3-4-21(15-28(19)32)14-22-6-10-35(17-23(22)18-36)25-7-11-34(12-8-25)30(37)26-5-9-33-29-20(2)13-24(31)16-27(26)29/h3-5,9,13,15-16,22-23,25,36H,6-8,10-12,14,17-18H2,1-2H3/t22?,23-/m0/s1. The molecule has 0 bridgehead atoms. The molecule has 1 N–H and O–H groups in total. The Bertz CT molecular complexity index is 1290. The normalized spacial score (nSPS) is 21.5. The molecule has 2 aromatic carbocycles. The molecule has 5 rings (SSSR count). The summed E-state index contributed by atoms with van der Waals surface area (Å²) in [6.07, 6.45) is 5.64. The molecule has 3 heterocycles. The van der Waals surface area contributed by atoms with Gasteiger partial charge in [-0.1, -0.05) is 35.3 Å². The topological polar surface area (TPSA) is 56.7 Å². The maximum atomic E-state index is 13.5. The van der Waals surface area contributed by atoms with Crippen LogP contribution in [0.3, 0.4) is 0 Å². The third-order valence-corrected chi connectivity index (χ3v) is 9.02. The Morgan fingerprint density at radius 3 is 2.51 bits per heavy atom. The molecule has 0 spiro atoms. The molecule has 1 unspecified atom stereocenters. The fourth-order valence-corrected chi connectivity index (χ4v) is 6.64. The number of carbonyl (C=O) groups is 1. The van der Waals surface area contributed by atoms with Crippen LogP contribution in [0, 0.1) is 25.7 Å². The van der Waals surface area contributed by atoms with Gasteiger partial charge in [0.05, 0.1) is 11.1 Å². The molecule has 1 aromatic heterocycles. The number of hydrogen-bond acceptors (Lipinski definition) is 4. The van der Waals surface area contributed by atoms with Crippen molar-refractivity contribution < 1.29 is 9.90 Å². The van der Waals surface area contributed by atoms with Gasteiger partial charge in [0.25, 0.3) is 5.91 Å². The molecule has 37 heavy (non-hydrogen) atoms. The van der Waals surface area contributed by atoms with Gasteiger partial charge in [-0.25, -0.2) is 0 Å². The highest BCUT2D eigenvalue weighted by molar-refractivity contribution is 6.32. The number of aryl methyl sites for hydroxylation is 2. The van der Waals surface area contributed by atoms with Gasteiger partial charge >= 0.3 is 0 Å². The molecule has 196 valence electrons. The van der Waals surface area contributed by atoms with Gasteiger partial charge in [0, 0.05) is 53.9 Å². The quantitative estimate of drug-likeness (QED) is 0.436. The number of aliphatic hydroxyl groups excluding tert-OH is 1. The van der Waals surface area contributed by atoms with Gasteiger partial charge in [0.15, 0.2) is 0 Å². The maximum Gasteiger partial charge on any atom is 0.254 e. The van der Waals surface area contributed by atoms with Crippen LogP contribution in [0.4, 0.5) is 0 Å². The first-order valence-electron chi connectivity index (χ1n) is 13.3. The third-order valence-electron chi connectivity index (χ3n) is 8.39. The van der Waals surface area contributed by atoms with Crippen molar-refractivity contribution in [2.45, 2.75) is 45.6 Å². The lowest BCUT2D eigenvalue weighted by molar-refractivity contribution is 0.0242. The Balaban J connectivity index is 1.20. The van der Waals surface area contributed by atoms with Crippen molar-refractivity contribution in [1.82, 2.24) is 14.8 Å². The summed E-state index contributed by atoms with van der Waals surface area (Å²) in [4.78, 5) is 22.5. The summed E-state index contributed by atoms with van der Waals surface area (Å²) in [7, 11) is 0. The minimum atomic E-state index is 0.0521. The minimum Gasteiger partial charge on any atom is -0.396 e. The zero-order valence-corrected chi connectivity index (χ0v) is 23.1. The van der Waals surface area contributed by atoms with Crippen LogP contribution in [0.15, 0.2) is 42.6 Å². The van der Waals surface area contributed by atoms with Crippen molar-refractivity contribution in [3.8, 4) is 0 Å². The summed E-state index contributed by atoms with van der Waals surface area (Å²) in [5.41, 5.74) is 4.82. The largest absolute Gasteiger partial charge is 0.396 e. The summed E-state index contributed by atoms with van der Waals surface area (Å²) in [5, 5.41) is 12.5. The van der Waals surface area contributed by atoms with Gasteiger partial charge in [-0.3, -0.25) is 14.7 Å². The molecule has 0 saturated carbocycles. The summed E-state index contributed by atoms with van der Waals surface area (Å²) >= 11 is 12.6. The van der Waals surface area contributed by atoms with Crippen molar-refractivity contribution in [3.63, 3.8) is 0 Å². The van der Waals surface area contributed by atoms with Crippen LogP contribution in [0.2, 0.25) is 10.0 Å². The van der Waals surface area contributed by atoms with Gasteiger partial charge in [0.2, 0.25) is 0 Å². The molecule has 2 atom stereocenters. The summed E-state index contributed by atoms with van der Waals surface area (Å²) < 4.78 is 0. The Hall–Kier alpha value is -2.18. The van der Waals surface area contributed by atoms with Crippen molar-refractivity contribution in [3.05, 3.63) is 74.9 Å². The van der Waals surface area contributed by atoms with Crippen LogP contribution < -0.4 is 0 Å². The molecule has 2 aliphatic rings. The van der Waals surface area contributed by atoms with Gasteiger partial charge in [-0.05, 0) is 98.9 Å². The van der Waals surface area contributed by atoms with E-state index in [9.17, 15) is 9.90 Å². The number of amides is 1. The van der Waals surface area contributed by atoms with Crippen molar-refractivity contribution in [2.24, 2.45) is 11.8 Å². The first kappa shape index (κ1) is 26.4. The molecule has 3 aromatic rings. The van der Waals surface area contributed by atoms with Gasteiger partial charge < -0.3 is 10.0 Å². The predicted molar refractivity (Wildman–Crippen MR) is 151 cm³/mol. The lowest BCUT2D eigenvalue weighted by Gasteiger charge is -2.44. The number of piperidine rings is 2. The SMILES string of the molecule is Cc1ccc(CC2CCN(C3CCN(C(=O)c4ccnc5c(C)cc(Cl)cc45)CC3)C[C@H]2CO)cc1Cl. The number of hydrogen-bond donors (Lipinski definition) is 1. The number of aliphatic hydroxyl groups is 1. The van der Waals surface area contributed by atoms with E-state index in [-0.39, 0.29) is 18.4 Å². The molecular weight excluding hydrogens is 505 g/mol. The predicted octanol–water partition coefficient (Wildman–Crippen LogP) is 5.94. The highest BCUT2D eigenvalue weighted by atomic mass is 35.5. The number of halogens is 2. The number of carbonyl (C=O) groups excluding carboxylic acids is 1. The highest BCUT2D eigenvalue weighted by Gasteiger charge is 2.34. The molecule has 2 saturated heterocycles. The molecule has 1 amide bonds. The molecule has 0 aliphatic carbocycles. The Morgan fingerprint density at radius 2 is 1.78 bits per heavy atom. The number of rotatable bonds is 5. The third kappa shape index (κ3) is 5.65. The Morgan fingerprint density at radius 1 is 1.00 bits per heavy atom. The van der Waals surface area contributed by atoms with Crippen LogP contribution in [0.25, 0.3) is 10.9 Å². The Kier molecular flexibility index (Phi) is 8.06. The van der Waals surface area contributed by atoms with Crippen LogP contribution in [0.5, 0.6) is 0 Å². The summed E-state index contributed by atoms with van der Waals surface area (Å²) in [6.45, 7) is 7.61. The smallest absolute Gasteiger partial charge is 0.254 e. The number of aromatic nitrogens is 1. The second-order valence-electron chi connectivity index (χ2n) is 10.8. The maximum absolute atomic E-state index is 13.5. The lowest BCUT2D eigenvalue weighted by Crippen LogP contribution is -2.52. The Labute approximate surface area is 229 Å². The molecule has 7 heteroatoms. The molecule has 2 fully saturated rings. The van der Waals surface area contributed by atoms with Crippen LogP contribution >= 0.6 is 23.2 Å². The van der Waals surface area contributed by atoms with E-state index >= 15 is 0 Å². The molecule has 5 nitrogen and oxygen atoms in total. The second-order valence-corrected chi connectivity index (χ2v) is 11.6. The van der Waals surface area contributed by atoms with Crippen molar-refractivity contribution in [1.29, 1.82) is 0 Å². The number of likely N-dealkylation sites (tertiary alicyclic amines) is 2. The van der Waals surface area contributed by atoms with Gasteiger partial charge in [0.1, 0.15) is 0 Å². The zero-order valence-electron chi connectivity index (χ0n) is 21.6. The number of benzene rings is 2. The van der Waals surface area contributed by atoms with Crippen LogP contribution in [-0.2, 0) is 6.42 Å². The van der Waals surface area contributed by atoms with E-state index < -0.39 is 0 Å². The van der Waals surface area contributed by atoms with Crippen molar-refractivity contribution >= 4 is 40.0 Å². The van der Waals surface area contributed by atoms with Crippen LogP contribution in [0.1, 0.15) is 46.3 Å². The van der Waals surface area contributed by atoms with E-state index in [0.29, 0.717) is 22.5 Å². The fraction of sp³-hybridized carbons (Fsp3) is 0.467. The summed E-state index contributed by atoms with van der Waals surface area (Å²) in [6, 6.07) is 12.3. The van der Waals surface area contributed by atoms with E-state index in [4.69, 9.17) is 23.2 Å². The second kappa shape index (κ2) is 11.3. The first-order chi connectivity index (χ1) is 17.8. The van der Waals surface area contributed by atoms with Gasteiger partial charge in [-0.15, -0.1) is 0 Å². The first-order valence-corrected chi connectivity index (χ1v) is 14.0. The average Bonchev–Trinajstić information content (AvgIpc) is 2.90. The van der Waals surface area contributed by atoms with E-state index in [0.717, 1.165) is 78.9 Å². The molecular formula is C30H35Cl2N3O2. The van der Waals surface area contributed by atoms with Gasteiger partial charge in [-0.2, -0.15) is 0 Å². The summed E-state index contributed by atoms with van der Waals surface area (Å²) in [5.74, 6) is 0.762. The molecule has 2 aliphatic heterocycles. The number of pyridine rings is 1.